The smallest absolute Gasteiger partial charge is 0.0464 e. The van der Waals surface area contributed by atoms with Gasteiger partial charge in [0.15, 0.2) is 0 Å². The van der Waals surface area contributed by atoms with Gasteiger partial charge < -0.3 is 10.6 Å². The molecule has 2 nitrogen and oxygen atoms in total. The number of rotatable bonds is 8. The van der Waals surface area contributed by atoms with Gasteiger partial charge in [-0.1, -0.05) is 207 Å². The molecule has 65 heavy (non-hydrogen) atoms. The van der Waals surface area contributed by atoms with Crippen LogP contribution in [0.4, 0.5) is 22.7 Å². The number of anilines is 4. The molecule has 2 heteroatoms. The molecular formula is C63H58N2. The molecule has 0 unspecified atom stereocenters. The minimum atomic E-state index is -0.208. The van der Waals surface area contributed by atoms with Crippen LogP contribution in [0.15, 0.2) is 194 Å². The largest absolute Gasteiger partial charge is 0.355 e. The number of hydrogen-bond donors (Lipinski definition) is 2. The summed E-state index contributed by atoms with van der Waals surface area (Å²) in [6, 6.07) is 71.1. The normalized spacial score (nSPS) is 13.0. The second-order valence-corrected chi connectivity index (χ2v) is 20.4. The Morgan fingerprint density at radius 2 is 0.892 bits per heavy atom. The Morgan fingerprint density at radius 1 is 0.354 bits per heavy atom. The molecular weight excluding hydrogens is 785 g/mol. The van der Waals surface area contributed by atoms with E-state index in [4.69, 9.17) is 0 Å². The van der Waals surface area contributed by atoms with Crippen molar-refractivity contribution in [2.45, 2.75) is 71.6 Å². The molecule has 320 valence electrons. The van der Waals surface area contributed by atoms with Gasteiger partial charge >= 0.3 is 0 Å². The first-order chi connectivity index (χ1) is 31.2. The highest BCUT2D eigenvalue weighted by atomic mass is 14.9. The van der Waals surface area contributed by atoms with Crippen molar-refractivity contribution >= 4 is 33.5 Å². The third-order valence-corrected chi connectivity index (χ3v) is 13.5. The number of para-hydroxylation sites is 2. The van der Waals surface area contributed by atoms with E-state index in [0.717, 1.165) is 22.7 Å². The molecule has 2 N–H and O–H groups in total. The van der Waals surface area contributed by atoms with E-state index in [0.29, 0.717) is 0 Å². The molecule has 0 radical (unpaired) electrons. The maximum absolute atomic E-state index is 3.91. The van der Waals surface area contributed by atoms with Crippen LogP contribution >= 0.6 is 0 Å². The van der Waals surface area contributed by atoms with Gasteiger partial charge in [-0.2, -0.15) is 0 Å². The Labute approximate surface area is 386 Å². The van der Waals surface area contributed by atoms with E-state index in [9.17, 15) is 0 Å². The summed E-state index contributed by atoms with van der Waals surface area (Å²) in [6.07, 6.45) is 0. The molecule has 1 aliphatic carbocycles. The molecule has 0 aliphatic heterocycles. The highest BCUT2D eigenvalue weighted by Gasteiger charge is 2.42. The maximum Gasteiger partial charge on any atom is 0.0464 e. The van der Waals surface area contributed by atoms with Gasteiger partial charge in [0, 0.05) is 39.3 Å². The summed E-state index contributed by atoms with van der Waals surface area (Å²) in [5.74, 6) is 0. The van der Waals surface area contributed by atoms with Crippen LogP contribution in [0.3, 0.4) is 0 Å². The first kappa shape index (κ1) is 41.8. The number of fused-ring (bicyclic) bond motifs is 4. The van der Waals surface area contributed by atoms with E-state index < -0.39 is 0 Å². The van der Waals surface area contributed by atoms with E-state index in [2.05, 4.69) is 260 Å². The Bertz CT molecular complexity index is 3210. The van der Waals surface area contributed by atoms with Crippen molar-refractivity contribution in [3.63, 3.8) is 0 Å². The standard InChI is InChI=1S/C63H58N2/c1-61(2,3)47-39-54(62(4,5)6)59-55(40-47)63(7,8)53-37-36-51(44-30-34-49(35-31-44)64-56-24-16-14-22-50(56)43-19-10-9-11-20-43)58(60(53)59)52-23-15-17-25-57(52)65-48-32-28-42(29-33-48)46-27-26-41-18-12-13-21-45(41)38-46/h9-40,64-65H,1-8H3. The molecule has 9 aromatic carbocycles. The van der Waals surface area contributed by atoms with Gasteiger partial charge in [-0.3, -0.25) is 0 Å². The van der Waals surface area contributed by atoms with E-state index in [1.54, 1.807) is 0 Å². The van der Waals surface area contributed by atoms with E-state index in [-0.39, 0.29) is 16.2 Å². The molecule has 0 aromatic heterocycles. The van der Waals surface area contributed by atoms with Crippen LogP contribution in [0, 0.1) is 0 Å². The van der Waals surface area contributed by atoms with Gasteiger partial charge in [-0.25, -0.2) is 0 Å². The highest BCUT2D eigenvalue weighted by Crippen LogP contribution is 2.58. The molecule has 9 aromatic rings. The van der Waals surface area contributed by atoms with E-state index >= 15 is 0 Å². The fraction of sp³-hybridized carbons (Fsp3) is 0.175. The zero-order chi connectivity index (χ0) is 45.1. The zero-order valence-corrected chi connectivity index (χ0v) is 39.0. The van der Waals surface area contributed by atoms with Crippen molar-refractivity contribution in [1.82, 2.24) is 0 Å². The Morgan fingerprint density at radius 3 is 1.54 bits per heavy atom. The van der Waals surface area contributed by atoms with Crippen molar-refractivity contribution in [3.05, 3.63) is 216 Å². The second kappa shape index (κ2) is 16.1. The molecule has 0 saturated carbocycles. The van der Waals surface area contributed by atoms with Crippen LogP contribution in [-0.4, -0.2) is 0 Å². The van der Waals surface area contributed by atoms with E-state index in [1.165, 1.54) is 88.7 Å². The van der Waals surface area contributed by atoms with Crippen molar-refractivity contribution in [2.75, 3.05) is 10.6 Å². The number of nitrogens with one attached hydrogen (secondary N) is 2. The summed E-state index contributed by atoms with van der Waals surface area (Å²) >= 11 is 0. The molecule has 0 spiro atoms. The summed E-state index contributed by atoms with van der Waals surface area (Å²) in [5, 5.41) is 10.2. The van der Waals surface area contributed by atoms with Gasteiger partial charge in [-0.15, -0.1) is 0 Å². The van der Waals surface area contributed by atoms with Crippen molar-refractivity contribution in [3.8, 4) is 55.6 Å². The SMILES string of the molecule is CC(C)(C)c1cc(C(C)(C)C)c2c(c1)C(C)(C)c1ccc(-c3ccc(Nc4ccccc4-c4ccccc4)cc3)c(-c3ccccc3Nc3ccc(-c4ccc5ccccc5c4)cc3)c1-2. The van der Waals surface area contributed by atoms with Gasteiger partial charge in [0.05, 0.1) is 0 Å². The summed E-state index contributed by atoms with van der Waals surface area (Å²) in [4.78, 5) is 0. The third-order valence-electron chi connectivity index (χ3n) is 13.5. The fourth-order valence-electron chi connectivity index (χ4n) is 9.91. The molecule has 0 heterocycles. The lowest BCUT2D eigenvalue weighted by molar-refractivity contribution is 0.564. The molecule has 0 fully saturated rings. The first-order valence-electron chi connectivity index (χ1n) is 23.1. The van der Waals surface area contributed by atoms with Gasteiger partial charge in [-0.05, 0) is 131 Å². The average molecular weight is 843 g/mol. The van der Waals surface area contributed by atoms with Crippen molar-refractivity contribution in [1.29, 1.82) is 0 Å². The summed E-state index contributed by atoms with van der Waals surface area (Å²) in [5.41, 5.74) is 21.8. The topological polar surface area (TPSA) is 24.1 Å². The molecule has 0 amide bonds. The Kier molecular flexibility index (Phi) is 10.4. The monoisotopic (exact) mass is 842 g/mol. The quantitative estimate of drug-likeness (QED) is 0.159. The van der Waals surface area contributed by atoms with Crippen LogP contribution in [0.1, 0.15) is 77.6 Å². The predicted molar refractivity (Wildman–Crippen MR) is 280 cm³/mol. The molecule has 0 atom stereocenters. The van der Waals surface area contributed by atoms with Gasteiger partial charge in [0.1, 0.15) is 0 Å². The summed E-state index contributed by atoms with van der Waals surface area (Å²) < 4.78 is 0. The first-order valence-corrected chi connectivity index (χ1v) is 23.1. The molecule has 0 bridgehead atoms. The van der Waals surface area contributed by atoms with Crippen molar-refractivity contribution < 1.29 is 0 Å². The predicted octanol–water partition coefficient (Wildman–Crippen LogP) is 17.9. The summed E-state index contributed by atoms with van der Waals surface area (Å²) in [6.45, 7) is 19.0. The lowest BCUT2D eigenvalue weighted by Gasteiger charge is -2.30. The van der Waals surface area contributed by atoms with Crippen molar-refractivity contribution in [2.24, 2.45) is 0 Å². The van der Waals surface area contributed by atoms with Crippen LogP contribution in [0.5, 0.6) is 0 Å². The summed E-state index contributed by atoms with van der Waals surface area (Å²) in [7, 11) is 0. The molecule has 0 saturated heterocycles. The lowest BCUT2D eigenvalue weighted by Crippen LogP contribution is -2.21. The zero-order valence-electron chi connectivity index (χ0n) is 39.0. The number of hydrogen-bond acceptors (Lipinski definition) is 2. The lowest BCUT2D eigenvalue weighted by atomic mass is 9.74. The van der Waals surface area contributed by atoms with Crippen LogP contribution in [-0.2, 0) is 16.2 Å². The van der Waals surface area contributed by atoms with Crippen LogP contribution in [0.2, 0.25) is 0 Å². The highest BCUT2D eigenvalue weighted by molar-refractivity contribution is 6.04. The molecule has 1 aliphatic rings. The van der Waals surface area contributed by atoms with Gasteiger partial charge in [0.2, 0.25) is 0 Å². The second-order valence-electron chi connectivity index (χ2n) is 20.4. The minimum absolute atomic E-state index is 0.00559. The average Bonchev–Trinajstić information content (AvgIpc) is 3.54. The Balaban J connectivity index is 1.12. The van der Waals surface area contributed by atoms with Crippen LogP contribution < -0.4 is 10.6 Å². The van der Waals surface area contributed by atoms with Crippen LogP contribution in [0.25, 0.3) is 66.4 Å². The third kappa shape index (κ3) is 7.82. The Hall–Kier alpha value is -7.16. The van der Waals surface area contributed by atoms with E-state index in [1.807, 2.05) is 0 Å². The maximum atomic E-state index is 3.91. The molecule has 10 rings (SSSR count). The van der Waals surface area contributed by atoms with Gasteiger partial charge in [0.25, 0.3) is 0 Å². The minimum Gasteiger partial charge on any atom is -0.355 e. The fourth-order valence-corrected chi connectivity index (χ4v) is 9.91. The number of benzene rings is 9.